The molecule has 0 bridgehead atoms. The van der Waals surface area contributed by atoms with E-state index in [-0.39, 0.29) is 24.0 Å². The van der Waals surface area contributed by atoms with Gasteiger partial charge in [-0.15, -0.1) is 24.0 Å². The largest absolute Gasteiger partial charge is 0.489 e. The summed E-state index contributed by atoms with van der Waals surface area (Å²) in [5.41, 5.74) is 2.17. The molecule has 0 fully saturated rings. The molecule has 0 atom stereocenters. The second-order valence-corrected chi connectivity index (χ2v) is 5.87. The van der Waals surface area contributed by atoms with E-state index in [0.29, 0.717) is 19.7 Å². The topological polar surface area (TPSA) is 61.8 Å². The Labute approximate surface area is 178 Å². The van der Waals surface area contributed by atoms with E-state index in [4.69, 9.17) is 4.74 Å². The minimum absolute atomic E-state index is 0. The molecule has 1 aromatic carbocycles. The summed E-state index contributed by atoms with van der Waals surface area (Å²) in [5.74, 6) is 2.51. The van der Waals surface area contributed by atoms with Gasteiger partial charge in [-0.2, -0.15) is 0 Å². The highest BCUT2D eigenvalue weighted by atomic mass is 127. The van der Waals surface area contributed by atoms with E-state index < -0.39 is 0 Å². The van der Waals surface area contributed by atoms with Crippen molar-refractivity contribution in [3.05, 3.63) is 66.4 Å². The van der Waals surface area contributed by atoms with Crippen molar-refractivity contribution >= 4 is 35.8 Å². The molecule has 2 N–H and O–H groups in total. The lowest BCUT2D eigenvalue weighted by Crippen LogP contribution is -2.36. The van der Waals surface area contributed by atoms with Crippen molar-refractivity contribution < 1.29 is 4.74 Å². The molecular weight excluding hydrogens is 453 g/mol. The SMILES string of the molecule is C=CCOc1ccccc1CNC(=NC)NCc1cccnc1N(C)C.I. The number of nitrogens with one attached hydrogen (secondary N) is 2. The molecule has 2 aromatic rings. The van der Waals surface area contributed by atoms with Crippen molar-refractivity contribution in [2.75, 3.05) is 32.6 Å². The summed E-state index contributed by atoms with van der Waals surface area (Å²) in [6.07, 6.45) is 3.53. The van der Waals surface area contributed by atoms with Crippen LogP contribution in [0, 0.1) is 0 Å². The van der Waals surface area contributed by atoms with Gasteiger partial charge in [0, 0.05) is 51.6 Å². The predicted molar refractivity (Wildman–Crippen MR) is 123 cm³/mol. The maximum Gasteiger partial charge on any atom is 0.191 e. The first-order valence-electron chi connectivity index (χ1n) is 8.53. The van der Waals surface area contributed by atoms with Crippen molar-refractivity contribution in [3.63, 3.8) is 0 Å². The van der Waals surface area contributed by atoms with Gasteiger partial charge in [-0.3, -0.25) is 4.99 Å². The molecule has 0 spiro atoms. The van der Waals surface area contributed by atoms with Crippen LogP contribution in [-0.4, -0.2) is 38.7 Å². The van der Waals surface area contributed by atoms with Crippen LogP contribution in [0.4, 0.5) is 5.82 Å². The number of ether oxygens (including phenoxy) is 1. The Morgan fingerprint density at radius 1 is 1.15 bits per heavy atom. The lowest BCUT2D eigenvalue weighted by molar-refractivity contribution is 0.358. The van der Waals surface area contributed by atoms with Crippen LogP contribution in [-0.2, 0) is 13.1 Å². The first-order valence-corrected chi connectivity index (χ1v) is 8.53. The van der Waals surface area contributed by atoms with Crippen LogP contribution in [0.15, 0.2) is 60.2 Å². The molecule has 146 valence electrons. The third-order valence-electron chi connectivity index (χ3n) is 3.74. The molecule has 0 saturated carbocycles. The zero-order chi connectivity index (χ0) is 18.8. The van der Waals surface area contributed by atoms with Crippen LogP contribution in [0.3, 0.4) is 0 Å². The Balaban J connectivity index is 0.00000364. The van der Waals surface area contributed by atoms with E-state index in [2.05, 4.69) is 33.3 Å². The van der Waals surface area contributed by atoms with Crippen LogP contribution >= 0.6 is 24.0 Å². The normalized spacial score (nSPS) is 10.6. The highest BCUT2D eigenvalue weighted by Crippen LogP contribution is 2.17. The lowest BCUT2D eigenvalue weighted by atomic mass is 10.2. The predicted octanol–water partition coefficient (Wildman–Crippen LogP) is 3.20. The molecule has 0 aliphatic carbocycles. The lowest BCUT2D eigenvalue weighted by Gasteiger charge is -2.18. The molecule has 0 amide bonds. The molecule has 1 heterocycles. The minimum atomic E-state index is 0. The first-order chi connectivity index (χ1) is 12.7. The first kappa shape index (κ1) is 22.8. The summed E-state index contributed by atoms with van der Waals surface area (Å²) in [5, 5.41) is 6.65. The van der Waals surface area contributed by atoms with E-state index in [9.17, 15) is 0 Å². The minimum Gasteiger partial charge on any atom is -0.489 e. The number of anilines is 1. The van der Waals surface area contributed by atoms with Crippen molar-refractivity contribution in [2.24, 2.45) is 4.99 Å². The summed E-state index contributed by atoms with van der Waals surface area (Å²) in [4.78, 5) is 10.7. The van der Waals surface area contributed by atoms with Crippen LogP contribution in [0.2, 0.25) is 0 Å². The third-order valence-corrected chi connectivity index (χ3v) is 3.74. The quantitative estimate of drug-likeness (QED) is 0.263. The molecule has 27 heavy (non-hydrogen) atoms. The molecule has 0 saturated heterocycles. The van der Waals surface area contributed by atoms with E-state index in [1.54, 1.807) is 19.3 Å². The molecule has 6 nitrogen and oxygen atoms in total. The maximum atomic E-state index is 5.69. The van der Waals surface area contributed by atoms with Gasteiger partial charge >= 0.3 is 0 Å². The van der Waals surface area contributed by atoms with Gasteiger partial charge in [-0.1, -0.05) is 36.9 Å². The van der Waals surface area contributed by atoms with Crippen LogP contribution in [0.5, 0.6) is 5.75 Å². The van der Waals surface area contributed by atoms with Crippen LogP contribution in [0.25, 0.3) is 0 Å². The molecular formula is C20H28IN5O. The fraction of sp³-hybridized carbons (Fsp3) is 0.300. The second-order valence-electron chi connectivity index (χ2n) is 5.87. The number of pyridine rings is 1. The fourth-order valence-corrected chi connectivity index (χ4v) is 2.49. The fourth-order valence-electron chi connectivity index (χ4n) is 2.49. The number of aromatic nitrogens is 1. The number of halogens is 1. The molecule has 0 aliphatic rings. The molecule has 0 radical (unpaired) electrons. The number of hydrogen-bond donors (Lipinski definition) is 2. The Hall–Kier alpha value is -2.29. The summed E-state index contributed by atoms with van der Waals surface area (Å²) in [7, 11) is 5.73. The molecule has 0 unspecified atom stereocenters. The molecule has 1 aromatic heterocycles. The summed E-state index contributed by atoms with van der Waals surface area (Å²) < 4.78 is 5.69. The summed E-state index contributed by atoms with van der Waals surface area (Å²) in [6.45, 7) is 5.42. The summed E-state index contributed by atoms with van der Waals surface area (Å²) in [6, 6.07) is 11.9. The van der Waals surface area contributed by atoms with Gasteiger partial charge < -0.3 is 20.3 Å². The van der Waals surface area contributed by atoms with E-state index in [0.717, 1.165) is 28.7 Å². The second kappa shape index (κ2) is 12.2. The smallest absolute Gasteiger partial charge is 0.191 e. The number of nitrogens with zero attached hydrogens (tertiary/aromatic N) is 3. The van der Waals surface area contributed by atoms with Gasteiger partial charge in [0.05, 0.1) is 0 Å². The third kappa shape index (κ3) is 7.09. The standard InChI is InChI=1S/C20H27N5O.HI/c1-5-13-26-18-11-7-6-9-16(18)14-23-20(21-2)24-15-17-10-8-12-22-19(17)25(3)4;/h5-12H,1,13-15H2,2-4H3,(H2,21,23,24);1H. The number of hydrogen-bond acceptors (Lipinski definition) is 4. The number of guanidine groups is 1. The van der Waals surface area contributed by atoms with Gasteiger partial charge in [0.25, 0.3) is 0 Å². The average Bonchev–Trinajstić information content (AvgIpc) is 2.67. The molecule has 0 aliphatic heterocycles. The summed E-state index contributed by atoms with van der Waals surface area (Å²) >= 11 is 0. The Kier molecular flexibility index (Phi) is 10.2. The Morgan fingerprint density at radius 3 is 2.48 bits per heavy atom. The number of rotatable bonds is 8. The molecule has 7 heteroatoms. The van der Waals surface area contributed by atoms with E-state index in [1.807, 2.05) is 49.3 Å². The van der Waals surface area contributed by atoms with Gasteiger partial charge in [0.15, 0.2) is 5.96 Å². The molecule has 2 rings (SSSR count). The highest BCUT2D eigenvalue weighted by molar-refractivity contribution is 14.0. The van der Waals surface area contributed by atoms with Gasteiger partial charge in [-0.25, -0.2) is 4.98 Å². The van der Waals surface area contributed by atoms with E-state index >= 15 is 0 Å². The van der Waals surface area contributed by atoms with Crippen molar-refractivity contribution in [3.8, 4) is 5.75 Å². The highest BCUT2D eigenvalue weighted by Gasteiger charge is 2.07. The van der Waals surface area contributed by atoms with Crippen LogP contribution < -0.4 is 20.3 Å². The van der Waals surface area contributed by atoms with Gasteiger partial charge in [0.2, 0.25) is 0 Å². The number of para-hydroxylation sites is 1. The zero-order valence-electron chi connectivity index (χ0n) is 16.1. The van der Waals surface area contributed by atoms with Crippen LogP contribution in [0.1, 0.15) is 11.1 Å². The monoisotopic (exact) mass is 481 g/mol. The Morgan fingerprint density at radius 2 is 1.81 bits per heavy atom. The maximum absolute atomic E-state index is 5.69. The van der Waals surface area contributed by atoms with E-state index in [1.165, 1.54) is 0 Å². The van der Waals surface area contributed by atoms with Crippen molar-refractivity contribution in [1.29, 1.82) is 0 Å². The average molecular weight is 481 g/mol. The number of benzene rings is 1. The van der Waals surface area contributed by atoms with Gasteiger partial charge in [-0.05, 0) is 12.1 Å². The zero-order valence-corrected chi connectivity index (χ0v) is 18.4. The number of aliphatic imine (C=N–C) groups is 1. The Bertz CT molecular complexity index is 749. The van der Waals surface area contributed by atoms with Crippen molar-refractivity contribution in [1.82, 2.24) is 15.6 Å². The van der Waals surface area contributed by atoms with Crippen molar-refractivity contribution in [2.45, 2.75) is 13.1 Å². The van der Waals surface area contributed by atoms with Gasteiger partial charge in [0.1, 0.15) is 18.2 Å².